The van der Waals surface area contributed by atoms with Crippen LogP contribution in [-0.2, 0) is 13.0 Å². The molecule has 3 aromatic rings. The van der Waals surface area contributed by atoms with Gasteiger partial charge in [-0.1, -0.05) is 30.3 Å². The van der Waals surface area contributed by atoms with Crippen molar-refractivity contribution in [2.45, 2.75) is 31.8 Å². The standard InChI is InChI=1S/C19H19N5O2/c25-18(21-14-6-9-17-23-20-12-24(17)11-10-14)15-7-8-16(22-19(15)26)13-4-2-1-3-5-13/h1-5,7-8,12,14H,6,9-11H2,(H,21,25)(H,22,26). The first kappa shape index (κ1) is 16.3. The molecule has 0 fully saturated rings. The van der Waals surface area contributed by atoms with Crippen LogP contribution in [0.25, 0.3) is 11.3 Å². The van der Waals surface area contributed by atoms with Gasteiger partial charge in [0.1, 0.15) is 17.7 Å². The number of H-pyrrole nitrogens is 1. The molecule has 1 aromatic carbocycles. The van der Waals surface area contributed by atoms with Crippen LogP contribution < -0.4 is 10.9 Å². The Morgan fingerprint density at radius 3 is 2.81 bits per heavy atom. The van der Waals surface area contributed by atoms with E-state index in [1.54, 1.807) is 18.5 Å². The minimum atomic E-state index is -0.380. The maximum atomic E-state index is 12.5. The third-order valence-electron chi connectivity index (χ3n) is 4.70. The van der Waals surface area contributed by atoms with Crippen molar-refractivity contribution < 1.29 is 4.79 Å². The van der Waals surface area contributed by atoms with Gasteiger partial charge in [0, 0.05) is 24.7 Å². The Hall–Kier alpha value is -3.22. The molecule has 3 heterocycles. The zero-order chi connectivity index (χ0) is 17.9. The predicted molar refractivity (Wildman–Crippen MR) is 96.7 cm³/mol. The van der Waals surface area contributed by atoms with Gasteiger partial charge in [-0.05, 0) is 30.5 Å². The molecule has 1 atom stereocenters. The normalized spacial score (nSPS) is 16.5. The number of aromatic amines is 1. The number of hydrogen-bond acceptors (Lipinski definition) is 4. The summed E-state index contributed by atoms with van der Waals surface area (Å²) in [5.74, 6) is 0.598. The fourth-order valence-electron chi connectivity index (χ4n) is 3.25. The number of rotatable bonds is 3. The fourth-order valence-corrected chi connectivity index (χ4v) is 3.25. The van der Waals surface area contributed by atoms with Gasteiger partial charge in [-0.15, -0.1) is 10.2 Å². The highest BCUT2D eigenvalue weighted by atomic mass is 16.2. The number of pyridine rings is 1. The van der Waals surface area contributed by atoms with E-state index in [4.69, 9.17) is 0 Å². The lowest BCUT2D eigenvalue weighted by molar-refractivity contribution is 0.0931. The molecule has 132 valence electrons. The number of benzene rings is 1. The topological polar surface area (TPSA) is 92.7 Å². The quantitative estimate of drug-likeness (QED) is 0.754. The van der Waals surface area contributed by atoms with Crippen LogP contribution in [0, 0.1) is 0 Å². The largest absolute Gasteiger partial charge is 0.349 e. The summed E-state index contributed by atoms with van der Waals surface area (Å²) in [4.78, 5) is 27.7. The molecule has 1 unspecified atom stereocenters. The Kier molecular flexibility index (Phi) is 4.35. The van der Waals surface area contributed by atoms with Gasteiger partial charge in [0.15, 0.2) is 0 Å². The Labute approximate surface area is 150 Å². The second-order valence-corrected chi connectivity index (χ2v) is 6.42. The number of carbonyl (C=O) groups is 1. The van der Waals surface area contributed by atoms with Crippen LogP contribution in [0.1, 0.15) is 29.0 Å². The molecule has 0 saturated heterocycles. The van der Waals surface area contributed by atoms with E-state index in [9.17, 15) is 9.59 Å². The Bertz CT molecular complexity index is 954. The van der Waals surface area contributed by atoms with Gasteiger partial charge >= 0.3 is 0 Å². The molecule has 1 aliphatic rings. The SMILES string of the molecule is O=C(NC1CCc2nncn2CC1)c1ccc(-c2ccccc2)[nH]c1=O. The number of aryl methyl sites for hydroxylation is 2. The summed E-state index contributed by atoms with van der Waals surface area (Å²) in [5, 5.41) is 11.0. The van der Waals surface area contributed by atoms with Crippen molar-refractivity contribution in [1.29, 1.82) is 0 Å². The fraction of sp³-hybridized carbons (Fsp3) is 0.263. The van der Waals surface area contributed by atoms with Gasteiger partial charge in [0.25, 0.3) is 11.5 Å². The van der Waals surface area contributed by atoms with Crippen molar-refractivity contribution in [3.05, 3.63) is 70.5 Å². The maximum Gasteiger partial charge on any atom is 0.261 e. The van der Waals surface area contributed by atoms with E-state index in [1.165, 1.54) is 0 Å². The molecule has 1 amide bonds. The lowest BCUT2D eigenvalue weighted by Crippen LogP contribution is -2.38. The van der Waals surface area contributed by atoms with E-state index in [1.807, 2.05) is 34.9 Å². The smallest absolute Gasteiger partial charge is 0.261 e. The van der Waals surface area contributed by atoms with Crippen LogP contribution >= 0.6 is 0 Å². The number of nitrogens with one attached hydrogen (secondary N) is 2. The van der Waals surface area contributed by atoms with E-state index < -0.39 is 0 Å². The van der Waals surface area contributed by atoms with Gasteiger partial charge in [0.2, 0.25) is 0 Å². The average Bonchev–Trinajstić information content (AvgIpc) is 3.03. The second kappa shape index (κ2) is 6.95. The molecule has 7 nitrogen and oxygen atoms in total. The summed E-state index contributed by atoms with van der Waals surface area (Å²) in [7, 11) is 0. The summed E-state index contributed by atoms with van der Waals surface area (Å²) in [6.07, 6.45) is 4.04. The van der Waals surface area contributed by atoms with Gasteiger partial charge in [0.05, 0.1) is 0 Å². The minimum Gasteiger partial charge on any atom is -0.349 e. The molecular formula is C19H19N5O2. The second-order valence-electron chi connectivity index (χ2n) is 6.42. The first-order valence-corrected chi connectivity index (χ1v) is 8.67. The van der Waals surface area contributed by atoms with Gasteiger partial charge in [-0.25, -0.2) is 0 Å². The van der Waals surface area contributed by atoms with E-state index in [2.05, 4.69) is 20.5 Å². The van der Waals surface area contributed by atoms with Crippen molar-refractivity contribution in [1.82, 2.24) is 25.1 Å². The van der Waals surface area contributed by atoms with Gasteiger partial charge in [-0.2, -0.15) is 0 Å². The predicted octanol–water partition coefficient (Wildman–Crippen LogP) is 1.77. The Morgan fingerprint density at radius 2 is 2.00 bits per heavy atom. The third-order valence-corrected chi connectivity index (χ3v) is 4.70. The zero-order valence-corrected chi connectivity index (χ0v) is 14.2. The van der Waals surface area contributed by atoms with Crippen LogP contribution in [0.2, 0.25) is 0 Å². The van der Waals surface area contributed by atoms with E-state index in [0.717, 1.165) is 37.2 Å². The first-order valence-electron chi connectivity index (χ1n) is 8.67. The molecule has 0 bridgehead atoms. The van der Waals surface area contributed by atoms with E-state index >= 15 is 0 Å². The van der Waals surface area contributed by atoms with Crippen LogP contribution in [0.4, 0.5) is 0 Å². The van der Waals surface area contributed by atoms with E-state index in [-0.39, 0.29) is 23.1 Å². The Balaban J connectivity index is 1.47. The van der Waals surface area contributed by atoms with Gasteiger partial charge in [-0.3, -0.25) is 9.59 Å². The van der Waals surface area contributed by atoms with Crippen molar-refractivity contribution in [3.63, 3.8) is 0 Å². The number of hydrogen-bond donors (Lipinski definition) is 2. The number of carbonyl (C=O) groups excluding carboxylic acids is 1. The highest BCUT2D eigenvalue weighted by Gasteiger charge is 2.20. The molecule has 2 aromatic heterocycles. The maximum absolute atomic E-state index is 12.5. The summed E-state index contributed by atoms with van der Waals surface area (Å²) in [5.41, 5.74) is 1.35. The van der Waals surface area contributed by atoms with Crippen LogP contribution in [0.3, 0.4) is 0 Å². The molecular weight excluding hydrogens is 330 g/mol. The summed E-state index contributed by atoms with van der Waals surface area (Å²) in [6.45, 7) is 0.760. The molecule has 4 rings (SSSR count). The number of nitrogens with zero attached hydrogens (tertiary/aromatic N) is 3. The monoisotopic (exact) mass is 349 g/mol. The lowest BCUT2D eigenvalue weighted by atomic mass is 10.1. The lowest BCUT2D eigenvalue weighted by Gasteiger charge is -2.15. The molecule has 1 aliphatic heterocycles. The minimum absolute atomic E-state index is 0.0115. The highest BCUT2D eigenvalue weighted by Crippen LogP contribution is 2.16. The molecule has 26 heavy (non-hydrogen) atoms. The molecule has 0 spiro atoms. The summed E-state index contributed by atoms with van der Waals surface area (Å²) in [6, 6.07) is 12.9. The Morgan fingerprint density at radius 1 is 1.15 bits per heavy atom. The van der Waals surface area contributed by atoms with Crippen LogP contribution in [0.15, 0.2) is 53.6 Å². The van der Waals surface area contributed by atoms with Crippen molar-refractivity contribution in [3.8, 4) is 11.3 Å². The van der Waals surface area contributed by atoms with Crippen molar-refractivity contribution in [2.24, 2.45) is 0 Å². The number of amides is 1. The van der Waals surface area contributed by atoms with Crippen molar-refractivity contribution >= 4 is 5.91 Å². The molecule has 2 N–H and O–H groups in total. The number of fused-ring (bicyclic) bond motifs is 1. The van der Waals surface area contributed by atoms with E-state index in [0.29, 0.717) is 5.69 Å². The molecule has 7 heteroatoms. The molecule has 0 aliphatic carbocycles. The van der Waals surface area contributed by atoms with Crippen molar-refractivity contribution in [2.75, 3.05) is 0 Å². The summed E-state index contributed by atoms with van der Waals surface area (Å²) < 4.78 is 2.01. The molecule has 0 radical (unpaired) electrons. The summed E-state index contributed by atoms with van der Waals surface area (Å²) >= 11 is 0. The number of aromatic nitrogens is 4. The highest BCUT2D eigenvalue weighted by molar-refractivity contribution is 5.94. The van der Waals surface area contributed by atoms with Crippen LogP contribution in [0.5, 0.6) is 0 Å². The van der Waals surface area contributed by atoms with Gasteiger partial charge < -0.3 is 14.9 Å². The van der Waals surface area contributed by atoms with Crippen LogP contribution in [-0.4, -0.2) is 31.7 Å². The third kappa shape index (κ3) is 3.28. The zero-order valence-electron chi connectivity index (χ0n) is 14.2. The molecule has 0 saturated carbocycles. The average molecular weight is 349 g/mol. The first-order chi connectivity index (χ1) is 12.7.